The van der Waals surface area contributed by atoms with Gasteiger partial charge in [-0.15, -0.1) is 0 Å². The highest BCUT2D eigenvalue weighted by molar-refractivity contribution is 6.05. The van der Waals surface area contributed by atoms with Gasteiger partial charge < -0.3 is 10.2 Å². The van der Waals surface area contributed by atoms with E-state index in [0.717, 1.165) is 22.3 Å². The number of rotatable bonds is 3. The largest absolute Gasteiger partial charge is 0.508 e. The Labute approximate surface area is 119 Å². The molecule has 102 valence electrons. The molecule has 0 aliphatic rings. The monoisotopic (exact) mass is 266 g/mol. The summed E-state index contributed by atoms with van der Waals surface area (Å²) in [5.41, 5.74) is 3.79. The molecule has 20 heavy (non-hydrogen) atoms. The van der Waals surface area contributed by atoms with Crippen LogP contribution < -0.4 is 0 Å². The van der Waals surface area contributed by atoms with Gasteiger partial charge in [-0.3, -0.25) is 0 Å². The molecule has 0 atom stereocenters. The number of aromatic hydroxyl groups is 2. The van der Waals surface area contributed by atoms with Crippen molar-refractivity contribution in [3.05, 3.63) is 71.8 Å². The molecule has 0 aromatic heterocycles. The first kappa shape index (κ1) is 13.9. The zero-order valence-corrected chi connectivity index (χ0v) is 11.7. The van der Waals surface area contributed by atoms with Gasteiger partial charge >= 0.3 is 0 Å². The smallest absolute Gasteiger partial charge is 0.123 e. The number of phenolic OH excluding ortho intramolecular Hbond substituents is 2. The van der Waals surface area contributed by atoms with Crippen LogP contribution in [0.3, 0.4) is 0 Å². The molecule has 0 heterocycles. The minimum atomic E-state index is 0.244. The van der Waals surface area contributed by atoms with Gasteiger partial charge in [0, 0.05) is 5.56 Å². The molecule has 0 bridgehead atoms. The van der Waals surface area contributed by atoms with Gasteiger partial charge in [0.25, 0.3) is 0 Å². The Morgan fingerprint density at radius 2 is 1.40 bits per heavy atom. The van der Waals surface area contributed by atoms with Crippen LogP contribution in [0.15, 0.2) is 60.7 Å². The molecule has 0 amide bonds. The standard InChI is InChI=1S/C18H18O2/c1-3-15(13-9-11-14(19)12-10-13)16(4-2)17-7-5-6-8-18(17)20/h3-12,19-20H,1-2H3. The second kappa shape index (κ2) is 6.11. The van der Waals surface area contributed by atoms with Crippen molar-refractivity contribution < 1.29 is 10.2 Å². The van der Waals surface area contributed by atoms with E-state index in [4.69, 9.17) is 0 Å². The summed E-state index contributed by atoms with van der Waals surface area (Å²) in [4.78, 5) is 0. The van der Waals surface area contributed by atoms with Gasteiger partial charge in [-0.05, 0) is 48.8 Å². The number of para-hydroxylation sites is 1. The van der Waals surface area contributed by atoms with E-state index in [1.807, 2.05) is 56.3 Å². The summed E-state index contributed by atoms with van der Waals surface area (Å²) in [7, 11) is 0. The van der Waals surface area contributed by atoms with Crippen LogP contribution in [0.1, 0.15) is 25.0 Å². The maximum atomic E-state index is 10.0. The lowest BCUT2D eigenvalue weighted by atomic mass is 9.91. The number of hydrogen-bond donors (Lipinski definition) is 2. The molecule has 0 saturated heterocycles. The lowest BCUT2D eigenvalue weighted by Gasteiger charge is -2.14. The van der Waals surface area contributed by atoms with Crippen molar-refractivity contribution in [3.63, 3.8) is 0 Å². The highest BCUT2D eigenvalue weighted by atomic mass is 16.3. The normalized spacial score (nSPS) is 12.5. The quantitative estimate of drug-likeness (QED) is 0.797. The Kier molecular flexibility index (Phi) is 4.26. The molecule has 0 radical (unpaired) electrons. The molecule has 0 spiro atoms. The summed E-state index contributed by atoms with van der Waals surface area (Å²) in [5.74, 6) is 0.507. The first-order valence-corrected chi connectivity index (χ1v) is 6.58. The third-order valence-corrected chi connectivity index (χ3v) is 3.24. The topological polar surface area (TPSA) is 40.5 Å². The predicted molar refractivity (Wildman–Crippen MR) is 83.5 cm³/mol. The Morgan fingerprint density at radius 3 is 1.95 bits per heavy atom. The van der Waals surface area contributed by atoms with E-state index >= 15 is 0 Å². The lowest BCUT2D eigenvalue weighted by molar-refractivity contribution is 0.473. The molecule has 2 aromatic carbocycles. The van der Waals surface area contributed by atoms with Gasteiger partial charge in [0.1, 0.15) is 11.5 Å². The van der Waals surface area contributed by atoms with Gasteiger partial charge in [-0.25, -0.2) is 0 Å². The molecule has 2 rings (SSSR count). The predicted octanol–water partition coefficient (Wildman–Crippen LogP) is 4.60. The summed E-state index contributed by atoms with van der Waals surface area (Å²) in [5, 5.41) is 19.4. The third-order valence-electron chi connectivity index (χ3n) is 3.24. The fourth-order valence-electron chi connectivity index (χ4n) is 2.28. The van der Waals surface area contributed by atoms with Crippen molar-refractivity contribution in [1.29, 1.82) is 0 Å². The minimum absolute atomic E-state index is 0.244. The van der Waals surface area contributed by atoms with Gasteiger partial charge in [-0.1, -0.05) is 42.5 Å². The summed E-state index contributed by atoms with van der Waals surface area (Å²) in [6, 6.07) is 14.4. The van der Waals surface area contributed by atoms with Crippen molar-refractivity contribution in [2.75, 3.05) is 0 Å². The number of benzene rings is 2. The number of allylic oxidation sites excluding steroid dienone is 4. The van der Waals surface area contributed by atoms with Crippen LogP contribution in [0.25, 0.3) is 11.1 Å². The van der Waals surface area contributed by atoms with Crippen molar-refractivity contribution >= 4 is 11.1 Å². The summed E-state index contributed by atoms with van der Waals surface area (Å²) in [6.07, 6.45) is 3.99. The van der Waals surface area contributed by atoms with Crippen molar-refractivity contribution in [2.24, 2.45) is 0 Å². The van der Waals surface area contributed by atoms with Crippen molar-refractivity contribution in [2.45, 2.75) is 13.8 Å². The average Bonchev–Trinajstić information content (AvgIpc) is 2.47. The average molecular weight is 266 g/mol. The molecule has 0 aliphatic heterocycles. The van der Waals surface area contributed by atoms with Gasteiger partial charge in [0.15, 0.2) is 0 Å². The van der Waals surface area contributed by atoms with Crippen molar-refractivity contribution in [1.82, 2.24) is 0 Å². The molecule has 0 saturated carbocycles. The van der Waals surface area contributed by atoms with E-state index in [0.29, 0.717) is 0 Å². The maximum Gasteiger partial charge on any atom is 0.123 e. The SMILES string of the molecule is CC=C(C(=CC)c1ccccc1O)c1ccc(O)cc1. The molecule has 0 aliphatic carbocycles. The Balaban J connectivity index is 2.50. The maximum absolute atomic E-state index is 10.0. The van der Waals surface area contributed by atoms with Crippen molar-refractivity contribution in [3.8, 4) is 11.5 Å². The highest BCUT2D eigenvalue weighted by Gasteiger charge is 2.12. The Hall–Kier alpha value is -2.48. The van der Waals surface area contributed by atoms with Crippen LogP contribution in [0.4, 0.5) is 0 Å². The van der Waals surface area contributed by atoms with E-state index in [2.05, 4.69) is 0 Å². The summed E-state index contributed by atoms with van der Waals surface area (Å²) >= 11 is 0. The van der Waals surface area contributed by atoms with Crippen LogP contribution in [0.2, 0.25) is 0 Å². The van der Waals surface area contributed by atoms with E-state index in [9.17, 15) is 10.2 Å². The molecule has 2 heteroatoms. The second-order valence-corrected chi connectivity index (χ2v) is 4.47. The highest BCUT2D eigenvalue weighted by Crippen LogP contribution is 2.35. The van der Waals surface area contributed by atoms with E-state index in [-0.39, 0.29) is 11.5 Å². The molecule has 2 nitrogen and oxygen atoms in total. The second-order valence-electron chi connectivity index (χ2n) is 4.47. The molecular formula is C18H18O2. The fourth-order valence-corrected chi connectivity index (χ4v) is 2.28. The van der Waals surface area contributed by atoms with Crippen LogP contribution in [0.5, 0.6) is 11.5 Å². The van der Waals surface area contributed by atoms with Crippen LogP contribution in [0, 0.1) is 0 Å². The molecule has 2 aromatic rings. The number of phenols is 2. The van der Waals surface area contributed by atoms with E-state index in [1.165, 1.54) is 0 Å². The van der Waals surface area contributed by atoms with E-state index < -0.39 is 0 Å². The van der Waals surface area contributed by atoms with Crippen LogP contribution in [-0.2, 0) is 0 Å². The molecule has 0 fully saturated rings. The summed E-state index contributed by atoms with van der Waals surface area (Å²) < 4.78 is 0. The first-order valence-electron chi connectivity index (χ1n) is 6.58. The first-order chi connectivity index (χ1) is 9.67. The lowest BCUT2D eigenvalue weighted by Crippen LogP contribution is -1.91. The molecular weight excluding hydrogens is 248 g/mol. The number of hydrogen-bond acceptors (Lipinski definition) is 2. The molecule has 2 N–H and O–H groups in total. The molecule has 0 unspecified atom stereocenters. The third kappa shape index (κ3) is 2.75. The zero-order valence-electron chi connectivity index (χ0n) is 11.7. The minimum Gasteiger partial charge on any atom is -0.508 e. The summed E-state index contributed by atoms with van der Waals surface area (Å²) in [6.45, 7) is 3.91. The Bertz CT molecular complexity index is 649. The van der Waals surface area contributed by atoms with Crippen LogP contribution in [-0.4, -0.2) is 10.2 Å². The fraction of sp³-hybridized carbons (Fsp3) is 0.111. The van der Waals surface area contributed by atoms with Crippen LogP contribution >= 0.6 is 0 Å². The van der Waals surface area contributed by atoms with Gasteiger partial charge in [-0.2, -0.15) is 0 Å². The van der Waals surface area contributed by atoms with Gasteiger partial charge in [0.05, 0.1) is 0 Å². The Morgan fingerprint density at radius 1 is 0.800 bits per heavy atom. The van der Waals surface area contributed by atoms with Gasteiger partial charge in [0.2, 0.25) is 0 Å². The van der Waals surface area contributed by atoms with E-state index in [1.54, 1.807) is 18.2 Å². The zero-order chi connectivity index (χ0) is 14.5.